The maximum absolute atomic E-state index is 12.5. The van der Waals surface area contributed by atoms with Crippen molar-refractivity contribution in [2.45, 2.75) is 26.3 Å². The molecule has 2 heterocycles. The highest BCUT2D eigenvalue weighted by molar-refractivity contribution is 7.89. The molecule has 0 aromatic carbocycles. The first-order valence-electron chi connectivity index (χ1n) is 7.06. The predicted octanol–water partition coefficient (Wildman–Crippen LogP) is 1.16. The molecule has 1 aromatic heterocycles. The first-order valence-corrected chi connectivity index (χ1v) is 9.44. The number of rotatable bonds is 5. The number of nitrogens with zero attached hydrogens (tertiary/aromatic N) is 3. The number of piperidine rings is 1. The van der Waals surface area contributed by atoms with Gasteiger partial charge < -0.3 is 4.90 Å². The fourth-order valence-electron chi connectivity index (χ4n) is 2.53. The van der Waals surface area contributed by atoms with Crippen molar-refractivity contribution < 1.29 is 13.2 Å². The first kappa shape index (κ1) is 16.4. The van der Waals surface area contributed by atoms with Gasteiger partial charge in [0.2, 0.25) is 15.9 Å². The van der Waals surface area contributed by atoms with E-state index in [1.165, 1.54) is 15.8 Å². The van der Waals surface area contributed by atoms with Gasteiger partial charge in [0.05, 0.1) is 18.2 Å². The average Bonchev–Trinajstić information content (AvgIpc) is 2.99. The summed E-state index contributed by atoms with van der Waals surface area (Å²) < 4.78 is 29.4. The summed E-state index contributed by atoms with van der Waals surface area (Å²) in [5, 5.41) is 0. The van der Waals surface area contributed by atoms with E-state index in [1.807, 2.05) is 6.07 Å². The number of aromatic nitrogens is 1. The quantitative estimate of drug-likeness (QED) is 0.812. The van der Waals surface area contributed by atoms with Crippen LogP contribution in [0.3, 0.4) is 0 Å². The van der Waals surface area contributed by atoms with Gasteiger partial charge in [-0.25, -0.2) is 17.1 Å². The minimum Gasteiger partial charge on any atom is -0.340 e. The van der Waals surface area contributed by atoms with E-state index >= 15 is 0 Å². The molecule has 1 aliphatic rings. The van der Waals surface area contributed by atoms with Crippen LogP contribution in [0.5, 0.6) is 0 Å². The van der Waals surface area contributed by atoms with Gasteiger partial charge in [-0.05, 0) is 37.4 Å². The van der Waals surface area contributed by atoms with Gasteiger partial charge in [0, 0.05) is 31.2 Å². The van der Waals surface area contributed by atoms with Crippen molar-refractivity contribution in [3.8, 4) is 0 Å². The Labute approximate surface area is 130 Å². The van der Waals surface area contributed by atoms with Crippen LogP contribution in [-0.2, 0) is 21.4 Å². The normalized spacial score (nSPS) is 20.4. The van der Waals surface area contributed by atoms with Crippen LogP contribution in [-0.4, -0.2) is 53.8 Å². The molecule has 0 spiro atoms. The zero-order valence-corrected chi connectivity index (χ0v) is 14.0. The van der Waals surface area contributed by atoms with Crippen LogP contribution >= 0.6 is 11.5 Å². The van der Waals surface area contributed by atoms with Crippen molar-refractivity contribution in [1.82, 2.24) is 13.6 Å². The van der Waals surface area contributed by atoms with Gasteiger partial charge in [-0.3, -0.25) is 4.79 Å². The number of amides is 1. The van der Waals surface area contributed by atoms with Crippen LogP contribution in [0.4, 0.5) is 0 Å². The van der Waals surface area contributed by atoms with Gasteiger partial charge in [-0.2, -0.15) is 0 Å². The largest absolute Gasteiger partial charge is 0.340 e. The summed E-state index contributed by atoms with van der Waals surface area (Å²) in [7, 11) is -1.45. The number of hydrogen-bond acceptors (Lipinski definition) is 5. The third-order valence-corrected chi connectivity index (χ3v) is 6.33. The summed E-state index contributed by atoms with van der Waals surface area (Å²) in [5.41, 5.74) is 0. The number of carbonyl (C=O) groups is 1. The number of sulfonamides is 1. The lowest BCUT2D eigenvalue weighted by Gasteiger charge is -2.32. The lowest BCUT2D eigenvalue weighted by molar-refractivity contribution is -0.135. The fourth-order valence-corrected chi connectivity index (χ4v) is 4.34. The monoisotopic (exact) mass is 331 g/mol. The summed E-state index contributed by atoms with van der Waals surface area (Å²) >= 11 is 1.37. The molecule has 1 amide bonds. The molecule has 1 atom stereocenters. The van der Waals surface area contributed by atoms with Crippen molar-refractivity contribution in [3.63, 3.8) is 0 Å². The van der Waals surface area contributed by atoms with E-state index in [4.69, 9.17) is 0 Å². The van der Waals surface area contributed by atoms with Gasteiger partial charge in [0.1, 0.15) is 0 Å². The van der Waals surface area contributed by atoms with E-state index in [0.717, 1.165) is 17.7 Å². The van der Waals surface area contributed by atoms with E-state index in [-0.39, 0.29) is 17.6 Å². The second-order valence-corrected chi connectivity index (χ2v) is 8.45. The highest BCUT2D eigenvalue weighted by atomic mass is 32.2. The molecule has 1 aromatic rings. The Morgan fingerprint density at radius 1 is 1.57 bits per heavy atom. The Morgan fingerprint density at radius 3 is 2.95 bits per heavy atom. The molecule has 118 valence electrons. The molecule has 1 saturated heterocycles. The van der Waals surface area contributed by atoms with Gasteiger partial charge in [0.25, 0.3) is 0 Å². The van der Waals surface area contributed by atoms with E-state index < -0.39 is 10.0 Å². The number of hydrogen-bond donors (Lipinski definition) is 0. The van der Waals surface area contributed by atoms with Crippen LogP contribution in [0.15, 0.2) is 12.3 Å². The van der Waals surface area contributed by atoms with Crippen LogP contribution in [0.2, 0.25) is 0 Å². The Bertz CT molecular complexity index is 571. The Morgan fingerprint density at radius 2 is 2.33 bits per heavy atom. The lowest BCUT2D eigenvalue weighted by atomic mass is 9.98. The average molecular weight is 331 g/mol. The van der Waals surface area contributed by atoms with Gasteiger partial charge in [-0.1, -0.05) is 0 Å². The molecule has 2 rings (SSSR count). The summed E-state index contributed by atoms with van der Waals surface area (Å²) in [6.45, 7) is 3.00. The summed E-state index contributed by atoms with van der Waals surface area (Å²) in [5.74, 6) is -0.137. The summed E-state index contributed by atoms with van der Waals surface area (Å²) in [4.78, 5) is 15.2. The maximum Gasteiger partial charge on any atom is 0.227 e. The van der Waals surface area contributed by atoms with Crippen molar-refractivity contribution in [1.29, 1.82) is 0 Å². The molecular formula is C13H21N3O3S2. The fraction of sp³-hybridized carbons (Fsp3) is 0.692. The van der Waals surface area contributed by atoms with Gasteiger partial charge in [-0.15, -0.1) is 0 Å². The molecule has 0 aliphatic carbocycles. The van der Waals surface area contributed by atoms with Crippen LogP contribution in [0, 0.1) is 5.92 Å². The SMILES string of the molecule is CCS(=O)(=O)N1CCCC(C(=O)N(C)Cc2ccns2)C1. The molecule has 0 saturated carbocycles. The smallest absolute Gasteiger partial charge is 0.227 e. The van der Waals surface area contributed by atoms with Gasteiger partial charge >= 0.3 is 0 Å². The third kappa shape index (κ3) is 4.02. The maximum atomic E-state index is 12.5. The first-order chi connectivity index (χ1) is 9.94. The van der Waals surface area contributed by atoms with Crippen molar-refractivity contribution >= 4 is 27.5 Å². The zero-order valence-electron chi connectivity index (χ0n) is 12.4. The zero-order chi connectivity index (χ0) is 15.5. The summed E-state index contributed by atoms with van der Waals surface area (Å²) in [6, 6.07) is 1.89. The Balaban J connectivity index is 1.98. The molecule has 1 unspecified atom stereocenters. The molecule has 1 fully saturated rings. The van der Waals surface area contributed by atoms with E-state index in [0.29, 0.717) is 19.6 Å². The third-order valence-electron chi connectivity index (χ3n) is 3.75. The number of carbonyl (C=O) groups excluding carboxylic acids is 1. The lowest BCUT2D eigenvalue weighted by Crippen LogP contribution is -2.46. The minimum absolute atomic E-state index is 0.0133. The standard InChI is InChI=1S/C13H21N3O3S2/c1-3-21(18,19)16-8-4-5-11(9-16)13(17)15(2)10-12-6-7-14-20-12/h6-7,11H,3-5,8-10H2,1-2H3. The molecular weight excluding hydrogens is 310 g/mol. The van der Waals surface area contributed by atoms with E-state index in [2.05, 4.69) is 4.37 Å². The predicted molar refractivity (Wildman–Crippen MR) is 82.3 cm³/mol. The molecule has 0 N–H and O–H groups in total. The highest BCUT2D eigenvalue weighted by Crippen LogP contribution is 2.22. The molecule has 21 heavy (non-hydrogen) atoms. The summed E-state index contributed by atoms with van der Waals surface area (Å²) in [6.07, 6.45) is 3.21. The highest BCUT2D eigenvalue weighted by Gasteiger charge is 2.32. The van der Waals surface area contributed by atoms with E-state index in [1.54, 1.807) is 25.1 Å². The molecule has 1 aliphatic heterocycles. The molecule has 6 nitrogen and oxygen atoms in total. The second-order valence-electron chi connectivity index (χ2n) is 5.27. The molecule has 0 radical (unpaired) electrons. The molecule has 0 bridgehead atoms. The topological polar surface area (TPSA) is 70.6 Å². The molecule has 8 heteroatoms. The van der Waals surface area contributed by atoms with Crippen molar-refractivity contribution in [3.05, 3.63) is 17.1 Å². The van der Waals surface area contributed by atoms with Crippen LogP contribution in [0.25, 0.3) is 0 Å². The second kappa shape index (κ2) is 6.85. The van der Waals surface area contributed by atoms with Crippen molar-refractivity contribution in [2.24, 2.45) is 5.92 Å². The van der Waals surface area contributed by atoms with Crippen LogP contribution in [0.1, 0.15) is 24.6 Å². The van der Waals surface area contributed by atoms with E-state index in [9.17, 15) is 13.2 Å². The Hall–Kier alpha value is -0.990. The van der Waals surface area contributed by atoms with Crippen molar-refractivity contribution in [2.75, 3.05) is 25.9 Å². The Kier molecular flexibility index (Phi) is 5.34. The van der Waals surface area contributed by atoms with Gasteiger partial charge in [0.15, 0.2) is 0 Å². The minimum atomic E-state index is -3.21. The van der Waals surface area contributed by atoms with Crippen LogP contribution < -0.4 is 0 Å².